The summed E-state index contributed by atoms with van der Waals surface area (Å²) in [5.74, 6) is 0. The van der Waals surface area contributed by atoms with Crippen LogP contribution in [0.25, 0.3) is 27.5 Å². The van der Waals surface area contributed by atoms with Crippen LogP contribution in [0.2, 0.25) is 0 Å². The molecule has 1 aromatic heterocycles. The van der Waals surface area contributed by atoms with Gasteiger partial charge in [0.2, 0.25) is 0 Å². The Morgan fingerprint density at radius 1 is 0.274 bits per heavy atom. The number of benzene rings is 8. The van der Waals surface area contributed by atoms with Gasteiger partial charge in [-0.2, -0.15) is 0 Å². The first-order valence-corrected chi connectivity index (χ1v) is 31.7. The maximum atomic E-state index is 2.69. The SMILES string of the molecule is CC(C)(C)c1ccc(N2c3cc(-n4c5ccccc5c5ccccc54)cc4[c]3[Bi]3[c]5c2cc(C(C)(C)C)cc5N(c2ccc(C(C)(C)C)cc2)c2cc(C(C)(C)C)cc([c]23)N4c2ccc(C(C)(C)C)cc2)cc1. The summed E-state index contributed by atoms with van der Waals surface area (Å²) in [5.41, 5.74) is 21.6. The van der Waals surface area contributed by atoms with Crippen molar-refractivity contribution in [1.82, 2.24) is 4.57 Å². The fourth-order valence-corrected chi connectivity index (χ4v) is 23.4. The van der Waals surface area contributed by atoms with Gasteiger partial charge >= 0.3 is 446 Å². The molecule has 9 aromatic rings. The van der Waals surface area contributed by atoms with Crippen LogP contribution in [0.4, 0.5) is 51.2 Å². The van der Waals surface area contributed by atoms with E-state index in [9.17, 15) is 0 Å². The molecule has 0 saturated heterocycles. The van der Waals surface area contributed by atoms with Crippen LogP contribution in [0.15, 0.2) is 158 Å². The Morgan fingerprint density at radius 3 is 0.808 bits per heavy atom. The van der Waals surface area contributed by atoms with Crippen molar-refractivity contribution >= 4 is 105 Å². The second-order valence-corrected chi connectivity index (χ2v) is 34.0. The van der Waals surface area contributed by atoms with Crippen LogP contribution >= 0.6 is 0 Å². The number of anilines is 9. The number of aromatic nitrogens is 1. The van der Waals surface area contributed by atoms with Crippen molar-refractivity contribution in [2.75, 3.05) is 14.7 Å². The summed E-state index contributed by atoms with van der Waals surface area (Å²) >= 11 is -3.35. The summed E-state index contributed by atoms with van der Waals surface area (Å²) in [6, 6.07) is 62.1. The molecule has 4 nitrogen and oxygen atoms in total. The van der Waals surface area contributed by atoms with E-state index in [0.717, 1.165) is 0 Å². The van der Waals surface area contributed by atoms with Gasteiger partial charge in [-0.15, -0.1) is 0 Å². The first kappa shape index (κ1) is 47.8. The Kier molecular flexibility index (Phi) is 10.6. The first-order valence-electron chi connectivity index (χ1n) is 26.4. The molecule has 0 bridgehead atoms. The van der Waals surface area contributed by atoms with E-state index in [2.05, 4.69) is 281 Å². The molecule has 4 heterocycles. The summed E-state index contributed by atoms with van der Waals surface area (Å²) in [4.78, 5) is 8.05. The zero-order chi connectivity index (χ0) is 51.5. The van der Waals surface area contributed by atoms with Crippen molar-refractivity contribution in [3.8, 4) is 5.69 Å². The van der Waals surface area contributed by atoms with Gasteiger partial charge in [0.25, 0.3) is 0 Å². The van der Waals surface area contributed by atoms with Gasteiger partial charge in [0.1, 0.15) is 0 Å². The average molecular weight is 1150 g/mol. The van der Waals surface area contributed by atoms with Gasteiger partial charge in [0.15, 0.2) is 0 Å². The molecule has 0 unspecified atom stereocenters. The van der Waals surface area contributed by atoms with Gasteiger partial charge in [0, 0.05) is 0 Å². The molecule has 3 aliphatic heterocycles. The van der Waals surface area contributed by atoms with E-state index in [1.807, 2.05) is 0 Å². The first-order chi connectivity index (χ1) is 34.4. The summed E-state index contributed by atoms with van der Waals surface area (Å²) < 4.78 is 7.19. The topological polar surface area (TPSA) is 14.7 Å². The van der Waals surface area contributed by atoms with Crippen LogP contribution in [-0.2, 0) is 27.1 Å². The number of hydrogen-bond donors (Lipinski definition) is 0. The van der Waals surface area contributed by atoms with Crippen LogP contribution in [0, 0.1) is 0 Å². The van der Waals surface area contributed by atoms with Crippen LogP contribution in [0.5, 0.6) is 0 Å². The molecule has 0 radical (unpaired) electrons. The van der Waals surface area contributed by atoms with E-state index in [0.29, 0.717) is 0 Å². The summed E-state index contributed by atoms with van der Waals surface area (Å²) in [6.07, 6.45) is 0. The molecular formula is C68H71BiN4. The summed E-state index contributed by atoms with van der Waals surface area (Å²) in [6.45, 7) is 35.2. The quantitative estimate of drug-likeness (QED) is 0.163. The van der Waals surface area contributed by atoms with E-state index in [1.165, 1.54) is 110 Å². The molecule has 0 saturated carbocycles. The number of rotatable bonds is 4. The Bertz CT molecular complexity index is 3480. The van der Waals surface area contributed by atoms with Gasteiger partial charge < -0.3 is 0 Å². The van der Waals surface area contributed by atoms with E-state index in [4.69, 9.17) is 0 Å². The molecular weight excluding hydrogens is 1080 g/mol. The van der Waals surface area contributed by atoms with Crippen LogP contribution < -0.4 is 24.5 Å². The molecule has 0 atom stereocenters. The van der Waals surface area contributed by atoms with Crippen molar-refractivity contribution < 1.29 is 0 Å². The predicted octanol–water partition coefficient (Wildman–Crippen LogP) is 17.1. The normalized spacial score (nSPS) is 14.6. The predicted molar refractivity (Wildman–Crippen MR) is 317 cm³/mol. The molecule has 0 spiro atoms. The molecule has 5 heteroatoms. The van der Waals surface area contributed by atoms with Gasteiger partial charge in [-0.05, 0) is 0 Å². The fourth-order valence-electron chi connectivity index (χ4n) is 11.6. The van der Waals surface area contributed by atoms with Gasteiger partial charge in [-0.1, -0.05) is 0 Å². The average Bonchev–Trinajstić information content (AvgIpc) is 3.67. The van der Waals surface area contributed by atoms with Crippen molar-refractivity contribution in [3.05, 3.63) is 186 Å². The minimum absolute atomic E-state index is 0.0146. The third kappa shape index (κ3) is 7.61. The third-order valence-corrected chi connectivity index (χ3v) is 26.4. The Balaban J connectivity index is 1.27. The van der Waals surface area contributed by atoms with E-state index in [1.54, 1.807) is 6.54 Å². The third-order valence-electron chi connectivity index (χ3n) is 15.9. The van der Waals surface area contributed by atoms with Gasteiger partial charge in [-0.3, -0.25) is 0 Å². The molecule has 73 heavy (non-hydrogen) atoms. The zero-order valence-electron chi connectivity index (χ0n) is 45.7. The monoisotopic (exact) mass is 1150 g/mol. The molecule has 0 fully saturated rings. The van der Waals surface area contributed by atoms with Crippen LogP contribution in [-0.4, -0.2) is 26.3 Å². The number of para-hydroxylation sites is 2. The van der Waals surface area contributed by atoms with Gasteiger partial charge in [0.05, 0.1) is 0 Å². The standard InChI is InChI=1S/C68H71N4.Bi/c1-64(2,3)45-24-30-50(31-25-45)69-53-36-48(67(10,11)12)38-55(40-53)70(51-32-26-46(27-33-51)65(4,5)6)57-42-58(44-59(43-57)72-62-22-18-16-20-60(62)61-21-17-19-23-63(61)72)71(52-34-28-47(29-35-52)66(7,8)9)56-39-49(68(13,14)15)37-54(69)41-56;/h16-39,43-44H,1-15H3;. The molecule has 3 aliphatic rings. The van der Waals surface area contributed by atoms with E-state index < -0.39 is 21.8 Å². The molecule has 0 N–H and O–H groups in total. The van der Waals surface area contributed by atoms with Gasteiger partial charge in [-0.25, -0.2) is 0 Å². The van der Waals surface area contributed by atoms with E-state index in [-0.39, 0.29) is 27.1 Å². The minimum atomic E-state index is -3.35. The number of fused-ring (bicyclic) bond motifs is 3. The number of hydrogen-bond acceptors (Lipinski definition) is 3. The Labute approximate surface area is 443 Å². The Morgan fingerprint density at radius 2 is 0.534 bits per heavy atom. The summed E-state index contributed by atoms with van der Waals surface area (Å²) in [5, 5.41) is 2.54. The second kappa shape index (κ2) is 16.2. The molecule has 12 rings (SSSR count). The fraction of sp³-hybridized carbons (Fsp3) is 0.294. The summed E-state index contributed by atoms with van der Waals surface area (Å²) in [7, 11) is 0. The molecule has 368 valence electrons. The molecule has 8 aromatic carbocycles. The van der Waals surface area contributed by atoms with Crippen molar-refractivity contribution in [1.29, 1.82) is 0 Å². The van der Waals surface area contributed by atoms with Crippen molar-refractivity contribution in [3.63, 3.8) is 0 Å². The zero-order valence-corrected chi connectivity index (χ0v) is 49.2. The van der Waals surface area contributed by atoms with Crippen molar-refractivity contribution in [2.24, 2.45) is 0 Å². The van der Waals surface area contributed by atoms with E-state index >= 15 is 0 Å². The molecule has 0 amide bonds. The molecule has 0 aliphatic carbocycles. The number of nitrogens with zero attached hydrogens (tertiary/aromatic N) is 4. The maximum absolute atomic E-state index is 3.35. The Hall–Kier alpha value is -6.16. The van der Waals surface area contributed by atoms with Crippen molar-refractivity contribution in [2.45, 2.75) is 131 Å². The van der Waals surface area contributed by atoms with Crippen LogP contribution in [0.1, 0.15) is 132 Å². The van der Waals surface area contributed by atoms with Crippen LogP contribution in [0.3, 0.4) is 0 Å². The second-order valence-electron chi connectivity index (χ2n) is 26.2.